The van der Waals surface area contributed by atoms with E-state index in [1.54, 1.807) is 25.9 Å². The Bertz CT molecular complexity index is 475. The van der Waals surface area contributed by atoms with E-state index in [4.69, 9.17) is 4.74 Å². The Kier molecular flexibility index (Phi) is 6.49. The van der Waals surface area contributed by atoms with Crippen molar-refractivity contribution in [2.45, 2.75) is 33.4 Å². The van der Waals surface area contributed by atoms with Crippen LogP contribution in [0, 0.1) is 6.92 Å². The van der Waals surface area contributed by atoms with Crippen LogP contribution in [0.15, 0.2) is 16.6 Å². The number of carbonyl (C=O) groups excluding carboxylic acids is 1. The lowest BCUT2D eigenvalue weighted by Gasteiger charge is -2.22. The van der Waals surface area contributed by atoms with Crippen LogP contribution in [0.2, 0.25) is 0 Å². The highest BCUT2D eigenvalue weighted by atomic mass is 79.9. The van der Waals surface area contributed by atoms with Gasteiger partial charge in [-0.2, -0.15) is 0 Å². The van der Waals surface area contributed by atoms with Gasteiger partial charge in [0, 0.05) is 30.7 Å². The predicted octanol–water partition coefficient (Wildman–Crippen LogP) is 2.72. The van der Waals surface area contributed by atoms with E-state index in [0.717, 1.165) is 34.4 Å². The Hall–Kier alpha value is -1.07. The summed E-state index contributed by atoms with van der Waals surface area (Å²) >= 11 is 3.50. The molecule has 0 aliphatic rings. The highest BCUT2D eigenvalue weighted by Gasteiger charge is 2.19. The third kappa shape index (κ3) is 4.49. The largest absolute Gasteiger partial charge is 0.480 e. The van der Waals surface area contributed by atoms with Gasteiger partial charge in [-0.3, -0.25) is 4.79 Å². The van der Waals surface area contributed by atoms with Crippen LogP contribution in [-0.2, 0) is 11.3 Å². The Morgan fingerprint density at radius 3 is 2.65 bits per heavy atom. The van der Waals surface area contributed by atoms with Crippen molar-refractivity contribution in [3.05, 3.63) is 27.7 Å². The number of aryl methyl sites for hydroxylation is 1. The third-order valence-corrected chi connectivity index (χ3v) is 3.42. The van der Waals surface area contributed by atoms with Crippen molar-refractivity contribution in [1.82, 2.24) is 10.2 Å². The molecular weight excluding hydrogens is 320 g/mol. The molecule has 112 valence electrons. The first kappa shape index (κ1) is 17.0. The van der Waals surface area contributed by atoms with Crippen LogP contribution in [0.25, 0.3) is 0 Å². The van der Waals surface area contributed by atoms with Gasteiger partial charge in [0.1, 0.15) is 5.75 Å². The zero-order chi connectivity index (χ0) is 15.3. The van der Waals surface area contributed by atoms with Gasteiger partial charge in [0.15, 0.2) is 6.10 Å². The van der Waals surface area contributed by atoms with Crippen molar-refractivity contribution in [2.75, 3.05) is 20.6 Å². The Balaban J connectivity index is 3.00. The fraction of sp³-hybridized carbons (Fsp3) is 0.533. The minimum Gasteiger partial charge on any atom is -0.480 e. The zero-order valence-corrected chi connectivity index (χ0v) is 14.4. The number of hydrogen-bond acceptors (Lipinski definition) is 3. The lowest BCUT2D eigenvalue weighted by atomic mass is 10.1. The number of ether oxygens (including phenoxy) is 1. The van der Waals surface area contributed by atoms with Crippen molar-refractivity contribution in [1.29, 1.82) is 0 Å². The van der Waals surface area contributed by atoms with E-state index >= 15 is 0 Å². The van der Waals surface area contributed by atoms with Crippen LogP contribution in [0.1, 0.15) is 25.0 Å². The van der Waals surface area contributed by atoms with Gasteiger partial charge in [0.05, 0.1) is 0 Å². The molecule has 1 atom stereocenters. The van der Waals surface area contributed by atoms with Crippen LogP contribution in [-0.4, -0.2) is 37.6 Å². The summed E-state index contributed by atoms with van der Waals surface area (Å²) in [7, 11) is 3.46. The molecule has 0 saturated carbocycles. The van der Waals surface area contributed by atoms with E-state index < -0.39 is 6.10 Å². The van der Waals surface area contributed by atoms with Crippen LogP contribution < -0.4 is 10.1 Å². The minimum absolute atomic E-state index is 0.0401. The molecule has 20 heavy (non-hydrogen) atoms. The first-order chi connectivity index (χ1) is 9.36. The summed E-state index contributed by atoms with van der Waals surface area (Å²) in [5.41, 5.74) is 2.07. The number of halogens is 1. The molecule has 0 radical (unpaired) electrons. The van der Waals surface area contributed by atoms with Crippen molar-refractivity contribution < 1.29 is 9.53 Å². The highest BCUT2D eigenvalue weighted by Crippen LogP contribution is 2.29. The molecule has 1 aromatic rings. The molecule has 1 amide bonds. The van der Waals surface area contributed by atoms with Gasteiger partial charge in [-0.1, -0.05) is 22.9 Å². The average molecular weight is 343 g/mol. The van der Waals surface area contributed by atoms with Crippen molar-refractivity contribution in [3.63, 3.8) is 0 Å². The maximum atomic E-state index is 11.9. The summed E-state index contributed by atoms with van der Waals surface area (Å²) in [6, 6.07) is 4.02. The number of likely N-dealkylation sites (N-methyl/N-ethyl adjacent to an activating group) is 1. The third-order valence-electron chi connectivity index (χ3n) is 2.96. The van der Waals surface area contributed by atoms with Gasteiger partial charge in [-0.25, -0.2) is 0 Å². The lowest BCUT2D eigenvalue weighted by molar-refractivity contribution is -0.135. The Morgan fingerprint density at radius 2 is 2.10 bits per heavy atom. The maximum absolute atomic E-state index is 11.9. The molecule has 1 rings (SSSR count). The minimum atomic E-state index is -0.495. The molecule has 0 aliphatic heterocycles. The molecule has 0 aromatic heterocycles. The van der Waals surface area contributed by atoms with E-state index in [1.807, 2.05) is 19.1 Å². The Morgan fingerprint density at radius 1 is 1.45 bits per heavy atom. The molecule has 1 N–H and O–H groups in total. The number of rotatable bonds is 6. The van der Waals surface area contributed by atoms with E-state index in [9.17, 15) is 4.79 Å². The molecular formula is C15H23BrN2O2. The first-order valence-electron chi connectivity index (χ1n) is 6.74. The number of benzene rings is 1. The normalized spacial score (nSPS) is 12.1. The zero-order valence-electron chi connectivity index (χ0n) is 12.8. The fourth-order valence-corrected chi connectivity index (χ4v) is 2.57. The molecule has 0 saturated heterocycles. The maximum Gasteiger partial charge on any atom is 0.262 e. The summed E-state index contributed by atoms with van der Waals surface area (Å²) in [5, 5.41) is 3.29. The lowest BCUT2D eigenvalue weighted by Crippen LogP contribution is -2.35. The second kappa shape index (κ2) is 7.64. The number of carbonyl (C=O) groups is 1. The summed E-state index contributed by atoms with van der Waals surface area (Å²) in [4.78, 5) is 13.5. The molecule has 4 nitrogen and oxygen atoms in total. The molecule has 0 aliphatic carbocycles. The van der Waals surface area contributed by atoms with Crippen molar-refractivity contribution in [3.8, 4) is 5.75 Å². The second-order valence-electron chi connectivity index (χ2n) is 4.98. The van der Waals surface area contributed by atoms with Gasteiger partial charge >= 0.3 is 0 Å². The number of hydrogen-bond donors (Lipinski definition) is 1. The summed E-state index contributed by atoms with van der Waals surface area (Å²) < 4.78 is 6.91. The quantitative estimate of drug-likeness (QED) is 0.864. The van der Waals surface area contributed by atoms with Gasteiger partial charge in [-0.05, 0) is 38.1 Å². The molecule has 5 heteroatoms. The number of nitrogens with zero attached hydrogens (tertiary/aromatic N) is 1. The molecule has 0 heterocycles. The molecule has 0 spiro atoms. The molecule has 1 aromatic carbocycles. The number of nitrogens with one attached hydrogen (secondary N) is 1. The van der Waals surface area contributed by atoms with E-state index in [2.05, 4.69) is 28.2 Å². The average Bonchev–Trinajstić information content (AvgIpc) is 2.38. The molecule has 1 unspecified atom stereocenters. The van der Waals surface area contributed by atoms with Crippen LogP contribution in [0.3, 0.4) is 0 Å². The van der Waals surface area contributed by atoms with Crippen LogP contribution >= 0.6 is 15.9 Å². The SMILES string of the molecule is CCNCc1cc(Br)cc(C)c1OC(C)C(=O)N(C)C. The standard InChI is InChI=1S/C15H23BrN2O2/c1-6-17-9-12-8-13(16)7-10(2)14(12)20-11(3)15(19)18(4)5/h7-8,11,17H,6,9H2,1-5H3. The fourth-order valence-electron chi connectivity index (χ4n) is 1.95. The topological polar surface area (TPSA) is 41.6 Å². The molecule has 0 fully saturated rings. The van der Waals surface area contributed by atoms with E-state index in [-0.39, 0.29) is 5.91 Å². The van der Waals surface area contributed by atoms with Gasteiger partial charge in [0.2, 0.25) is 0 Å². The smallest absolute Gasteiger partial charge is 0.262 e. The first-order valence-corrected chi connectivity index (χ1v) is 7.53. The second-order valence-corrected chi connectivity index (χ2v) is 5.90. The predicted molar refractivity (Wildman–Crippen MR) is 85.0 cm³/mol. The summed E-state index contributed by atoms with van der Waals surface area (Å²) in [6.45, 7) is 7.43. The van der Waals surface area contributed by atoms with Gasteiger partial charge in [-0.15, -0.1) is 0 Å². The van der Waals surface area contributed by atoms with Crippen molar-refractivity contribution in [2.24, 2.45) is 0 Å². The summed E-state index contributed by atoms with van der Waals surface area (Å²) in [5.74, 6) is 0.749. The Labute approximate surface area is 129 Å². The molecule has 0 bridgehead atoms. The monoisotopic (exact) mass is 342 g/mol. The highest BCUT2D eigenvalue weighted by molar-refractivity contribution is 9.10. The van der Waals surface area contributed by atoms with E-state index in [1.165, 1.54) is 0 Å². The van der Waals surface area contributed by atoms with E-state index in [0.29, 0.717) is 0 Å². The summed E-state index contributed by atoms with van der Waals surface area (Å²) in [6.07, 6.45) is -0.495. The van der Waals surface area contributed by atoms with Gasteiger partial charge in [0.25, 0.3) is 5.91 Å². The van der Waals surface area contributed by atoms with Gasteiger partial charge < -0.3 is 15.0 Å². The number of amides is 1. The van der Waals surface area contributed by atoms with Crippen LogP contribution in [0.4, 0.5) is 0 Å². The van der Waals surface area contributed by atoms with Crippen molar-refractivity contribution >= 4 is 21.8 Å². The van der Waals surface area contributed by atoms with Crippen LogP contribution in [0.5, 0.6) is 5.75 Å².